The molecule has 1 N–H and O–H groups in total. The zero-order chi connectivity index (χ0) is 14.7. The molecule has 4 nitrogen and oxygen atoms in total. The largest absolute Gasteiger partial charge is 0.465 e. The Bertz CT molecular complexity index is 567. The molecule has 0 amide bonds. The number of hydrogen-bond acceptors (Lipinski definition) is 4. The summed E-state index contributed by atoms with van der Waals surface area (Å²) in [5.74, 6) is 4.00. The summed E-state index contributed by atoms with van der Waals surface area (Å²) in [4.78, 5) is 2.51. The molecule has 1 aliphatic heterocycles. The Morgan fingerprint density at radius 3 is 2.38 bits per heavy atom. The molecular weight excluding hydrogens is 264 g/mol. The fourth-order valence-corrected chi connectivity index (χ4v) is 3.01. The number of rotatable bonds is 6. The molecule has 0 spiro atoms. The van der Waals surface area contributed by atoms with Gasteiger partial charge in [0.05, 0.1) is 12.6 Å². The molecule has 4 heteroatoms. The van der Waals surface area contributed by atoms with Gasteiger partial charge in [-0.05, 0) is 64.0 Å². The van der Waals surface area contributed by atoms with Crippen LogP contribution >= 0.6 is 0 Å². The highest BCUT2D eigenvalue weighted by Gasteiger charge is 2.25. The van der Waals surface area contributed by atoms with Crippen molar-refractivity contribution in [2.45, 2.75) is 39.3 Å². The molecule has 3 heterocycles. The first-order chi connectivity index (χ1) is 10.2. The second-order valence-corrected chi connectivity index (χ2v) is 5.85. The van der Waals surface area contributed by atoms with Crippen molar-refractivity contribution in [2.24, 2.45) is 0 Å². The van der Waals surface area contributed by atoms with Crippen LogP contribution in [0.3, 0.4) is 0 Å². The van der Waals surface area contributed by atoms with E-state index in [0.717, 1.165) is 49.2 Å². The van der Waals surface area contributed by atoms with Gasteiger partial charge in [0, 0.05) is 6.54 Å². The maximum absolute atomic E-state index is 5.86. The third kappa shape index (κ3) is 3.57. The summed E-state index contributed by atoms with van der Waals surface area (Å²) in [5, 5.41) is 3.50. The minimum atomic E-state index is 0.317. The summed E-state index contributed by atoms with van der Waals surface area (Å²) < 4.78 is 11.5. The zero-order valence-electron chi connectivity index (χ0n) is 12.9. The molecule has 0 aromatic carbocycles. The van der Waals surface area contributed by atoms with Gasteiger partial charge in [0.15, 0.2) is 0 Å². The summed E-state index contributed by atoms with van der Waals surface area (Å²) in [5.41, 5.74) is 0. The first-order valence-corrected chi connectivity index (χ1v) is 7.79. The Morgan fingerprint density at radius 2 is 1.76 bits per heavy atom. The topological polar surface area (TPSA) is 41.6 Å². The quantitative estimate of drug-likeness (QED) is 0.884. The van der Waals surface area contributed by atoms with E-state index >= 15 is 0 Å². The minimum absolute atomic E-state index is 0.317. The highest BCUT2D eigenvalue weighted by Crippen LogP contribution is 2.26. The summed E-state index contributed by atoms with van der Waals surface area (Å²) in [6, 6.07) is 8.51. The van der Waals surface area contributed by atoms with Crippen LogP contribution in [0.4, 0.5) is 0 Å². The standard InChI is InChI=1S/C17H24N2O2/c1-13-5-7-15(20-13)11-18-12-16(19-9-3-4-10-19)17-8-6-14(2)21-17/h5-8,16,18H,3-4,9-12H2,1-2H3. The van der Waals surface area contributed by atoms with Crippen molar-refractivity contribution < 1.29 is 8.83 Å². The molecule has 2 aromatic heterocycles. The van der Waals surface area contributed by atoms with Crippen molar-refractivity contribution in [3.63, 3.8) is 0 Å². The third-order valence-corrected chi connectivity index (χ3v) is 4.10. The molecule has 0 saturated carbocycles. The van der Waals surface area contributed by atoms with E-state index in [1.54, 1.807) is 0 Å². The molecule has 1 aliphatic rings. The first-order valence-electron chi connectivity index (χ1n) is 7.79. The van der Waals surface area contributed by atoms with Crippen LogP contribution < -0.4 is 5.32 Å². The van der Waals surface area contributed by atoms with Crippen LogP contribution in [0.2, 0.25) is 0 Å². The predicted octanol–water partition coefficient (Wildman–Crippen LogP) is 3.42. The number of furan rings is 2. The molecule has 1 unspecified atom stereocenters. The van der Waals surface area contributed by atoms with Crippen LogP contribution in [0.1, 0.15) is 41.9 Å². The number of nitrogens with one attached hydrogen (secondary N) is 1. The fraction of sp³-hybridized carbons (Fsp3) is 0.529. The lowest BCUT2D eigenvalue weighted by molar-refractivity contribution is 0.206. The average molecular weight is 288 g/mol. The van der Waals surface area contributed by atoms with E-state index in [1.165, 1.54) is 12.8 Å². The maximum Gasteiger partial charge on any atom is 0.122 e. The second kappa shape index (κ2) is 6.50. The lowest BCUT2D eigenvalue weighted by atomic mass is 10.2. The van der Waals surface area contributed by atoms with E-state index in [0.29, 0.717) is 6.04 Å². The van der Waals surface area contributed by atoms with Crippen molar-refractivity contribution in [2.75, 3.05) is 19.6 Å². The van der Waals surface area contributed by atoms with Crippen LogP contribution in [0.15, 0.2) is 33.1 Å². The van der Waals surface area contributed by atoms with Crippen LogP contribution in [0, 0.1) is 13.8 Å². The van der Waals surface area contributed by atoms with Crippen molar-refractivity contribution in [1.82, 2.24) is 10.2 Å². The molecule has 2 aromatic rings. The summed E-state index contributed by atoms with van der Waals surface area (Å²) in [6.07, 6.45) is 2.57. The fourth-order valence-electron chi connectivity index (χ4n) is 3.01. The van der Waals surface area contributed by atoms with Gasteiger partial charge in [-0.3, -0.25) is 4.90 Å². The molecule has 3 rings (SSSR count). The van der Waals surface area contributed by atoms with E-state index in [-0.39, 0.29) is 0 Å². The molecular formula is C17H24N2O2. The maximum atomic E-state index is 5.86. The van der Waals surface area contributed by atoms with Gasteiger partial charge in [0.25, 0.3) is 0 Å². The van der Waals surface area contributed by atoms with Gasteiger partial charge in [0.2, 0.25) is 0 Å². The molecule has 114 valence electrons. The van der Waals surface area contributed by atoms with Crippen LogP contribution in [0.5, 0.6) is 0 Å². The Hall–Kier alpha value is -1.52. The SMILES string of the molecule is Cc1ccc(CNCC(c2ccc(C)o2)N2CCCC2)o1. The van der Waals surface area contributed by atoms with Gasteiger partial charge in [-0.15, -0.1) is 0 Å². The van der Waals surface area contributed by atoms with E-state index in [9.17, 15) is 0 Å². The Balaban J connectivity index is 1.62. The molecule has 0 aliphatic carbocycles. The molecule has 1 atom stereocenters. The van der Waals surface area contributed by atoms with Crippen molar-refractivity contribution in [3.05, 3.63) is 47.3 Å². The van der Waals surface area contributed by atoms with E-state index < -0.39 is 0 Å². The normalized spacial score (nSPS) is 17.4. The van der Waals surface area contributed by atoms with Crippen molar-refractivity contribution in [3.8, 4) is 0 Å². The third-order valence-electron chi connectivity index (χ3n) is 4.10. The summed E-state index contributed by atoms with van der Waals surface area (Å²) in [7, 11) is 0. The van der Waals surface area contributed by atoms with E-state index in [4.69, 9.17) is 8.83 Å². The zero-order valence-corrected chi connectivity index (χ0v) is 12.9. The van der Waals surface area contributed by atoms with Gasteiger partial charge in [0.1, 0.15) is 23.0 Å². The van der Waals surface area contributed by atoms with Gasteiger partial charge in [-0.2, -0.15) is 0 Å². The van der Waals surface area contributed by atoms with Gasteiger partial charge < -0.3 is 14.2 Å². The Kier molecular flexibility index (Phi) is 4.46. The van der Waals surface area contributed by atoms with Crippen LogP contribution in [-0.2, 0) is 6.54 Å². The number of nitrogens with zero attached hydrogens (tertiary/aromatic N) is 1. The van der Waals surface area contributed by atoms with Crippen molar-refractivity contribution in [1.29, 1.82) is 0 Å². The van der Waals surface area contributed by atoms with Gasteiger partial charge >= 0.3 is 0 Å². The predicted molar refractivity (Wildman–Crippen MR) is 82.1 cm³/mol. The van der Waals surface area contributed by atoms with Crippen LogP contribution in [0.25, 0.3) is 0 Å². The number of likely N-dealkylation sites (tertiary alicyclic amines) is 1. The monoisotopic (exact) mass is 288 g/mol. The van der Waals surface area contributed by atoms with Crippen molar-refractivity contribution >= 4 is 0 Å². The molecule has 0 radical (unpaired) electrons. The lowest BCUT2D eigenvalue weighted by Gasteiger charge is -2.26. The molecule has 0 bridgehead atoms. The molecule has 1 fully saturated rings. The van der Waals surface area contributed by atoms with Gasteiger partial charge in [-0.25, -0.2) is 0 Å². The summed E-state index contributed by atoms with van der Waals surface area (Å²) in [6.45, 7) is 7.94. The summed E-state index contributed by atoms with van der Waals surface area (Å²) >= 11 is 0. The number of aryl methyl sites for hydroxylation is 2. The van der Waals surface area contributed by atoms with Crippen LogP contribution in [-0.4, -0.2) is 24.5 Å². The minimum Gasteiger partial charge on any atom is -0.465 e. The first kappa shape index (κ1) is 14.4. The highest BCUT2D eigenvalue weighted by atomic mass is 16.3. The van der Waals surface area contributed by atoms with E-state index in [2.05, 4.69) is 16.3 Å². The number of hydrogen-bond donors (Lipinski definition) is 1. The van der Waals surface area contributed by atoms with Gasteiger partial charge in [-0.1, -0.05) is 0 Å². The Morgan fingerprint density at radius 1 is 1.05 bits per heavy atom. The molecule has 1 saturated heterocycles. The second-order valence-electron chi connectivity index (χ2n) is 5.85. The lowest BCUT2D eigenvalue weighted by Crippen LogP contribution is -2.33. The van der Waals surface area contributed by atoms with E-state index in [1.807, 2.05) is 32.0 Å². The highest BCUT2D eigenvalue weighted by molar-refractivity contribution is 5.11. The molecule has 21 heavy (non-hydrogen) atoms. The Labute approximate surface area is 126 Å². The smallest absolute Gasteiger partial charge is 0.122 e. The average Bonchev–Trinajstić information content (AvgIpc) is 3.17.